The van der Waals surface area contributed by atoms with Gasteiger partial charge in [-0.2, -0.15) is 0 Å². The van der Waals surface area contributed by atoms with Gasteiger partial charge in [-0.05, 0) is 26.2 Å². The standard InChI is InChI=1S/C13H24O2/c1-4-6-7-8-13(15)12(5-2)10-9-11(3)14/h12H,4-10H2,1-3H3. The quantitative estimate of drug-likeness (QED) is 0.548. The van der Waals surface area contributed by atoms with Crippen LogP contribution in [0.2, 0.25) is 0 Å². The first-order chi connectivity index (χ1) is 7.11. The Hall–Kier alpha value is -0.660. The summed E-state index contributed by atoms with van der Waals surface area (Å²) < 4.78 is 0. The predicted molar refractivity (Wildman–Crippen MR) is 62.8 cm³/mol. The smallest absolute Gasteiger partial charge is 0.135 e. The maximum Gasteiger partial charge on any atom is 0.135 e. The average molecular weight is 212 g/mol. The lowest BCUT2D eigenvalue weighted by atomic mass is 9.91. The number of ketones is 2. The topological polar surface area (TPSA) is 34.1 Å². The van der Waals surface area contributed by atoms with Gasteiger partial charge in [-0.3, -0.25) is 4.79 Å². The van der Waals surface area contributed by atoms with Gasteiger partial charge in [0.15, 0.2) is 0 Å². The molecule has 0 rings (SSSR count). The van der Waals surface area contributed by atoms with E-state index < -0.39 is 0 Å². The van der Waals surface area contributed by atoms with Crippen LogP contribution in [0.15, 0.2) is 0 Å². The molecule has 0 saturated heterocycles. The lowest BCUT2D eigenvalue weighted by Crippen LogP contribution is -2.14. The second-order valence-corrected chi connectivity index (χ2v) is 4.27. The minimum Gasteiger partial charge on any atom is -0.300 e. The summed E-state index contributed by atoms with van der Waals surface area (Å²) >= 11 is 0. The molecule has 0 aliphatic rings. The van der Waals surface area contributed by atoms with Crippen molar-refractivity contribution in [3.63, 3.8) is 0 Å². The molecule has 2 nitrogen and oxygen atoms in total. The van der Waals surface area contributed by atoms with Crippen LogP contribution in [0.1, 0.15) is 65.7 Å². The van der Waals surface area contributed by atoms with Crippen LogP contribution in [0.4, 0.5) is 0 Å². The molecule has 2 heteroatoms. The van der Waals surface area contributed by atoms with E-state index in [1.54, 1.807) is 6.92 Å². The van der Waals surface area contributed by atoms with Crippen molar-refractivity contribution in [2.75, 3.05) is 0 Å². The first kappa shape index (κ1) is 14.3. The first-order valence-electron chi connectivity index (χ1n) is 6.13. The normalized spacial score (nSPS) is 12.5. The second kappa shape index (κ2) is 8.63. The molecule has 0 radical (unpaired) electrons. The highest BCUT2D eigenvalue weighted by atomic mass is 16.1. The third-order valence-electron chi connectivity index (χ3n) is 2.82. The minimum atomic E-state index is 0.116. The maximum absolute atomic E-state index is 11.8. The van der Waals surface area contributed by atoms with Gasteiger partial charge in [0.1, 0.15) is 11.6 Å². The predicted octanol–water partition coefficient (Wildman–Crippen LogP) is 3.53. The van der Waals surface area contributed by atoms with Crippen LogP contribution >= 0.6 is 0 Å². The molecule has 0 heterocycles. The number of rotatable bonds is 9. The molecule has 0 bridgehead atoms. The second-order valence-electron chi connectivity index (χ2n) is 4.27. The molecule has 0 amide bonds. The van der Waals surface area contributed by atoms with Crippen LogP contribution in [0.3, 0.4) is 0 Å². The lowest BCUT2D eigenvalue weighted by Gasteiger charge is -2.12. The highest BCUT2D eigenvalue weighted by Crippen LogP contribution is 2.16. The van der Waals surface area contributed by atoms with E-state index in [1.165, 1.54) is 0 Å². The fourth-order valence-electron chi connectivity index (χ4n) is 1.72. The van der Waals surface area contributed by atoms with Crippen LogP contribution in [-0.4, -0.2) is 11.6 Å². The number of hydrogen-bond donors (Lipinski definition) is 0. The molecular formula is C13H24O2. The third-order valence-corrected chi connectivity index (χ3v) is 2.82. The summed E-state index contributed by atoms with van der Waals surface area (Å²) in [7, 11) is 0. The lowest BCUT2D eigenvalue weighted by molar-refractivity contribution is -0.123. The van der Waals surface area contributed by atoms with Gasteiger partial charge in [0.2, 0.25) is 0 Å². The summed E-state index contributed by atoms with van der Waals surface area (Å²) in [4.78, 5) is 22.6. The molecular weight excluding hydrogens is 188 g/mol. The molecule has 0 aromatic rings. The SMILES string of the molecule is CCCCCC(=O)C(CC)CCC(C)=O. The zero-order valence-corrected chi connectivity index (χ0v) is 10.3. The Balaban J connectivity index is 3.82. The van der Waals surface area contributed by atoms with E-state index in [-0.39, 0.29) is 11.7 Å². The molecule has 0 N–H and O–H groups in total. The van der Waals surface area contributed by atoms with E-state index in [1.807, 2.05) is 6.92 Å². The summed E-state index contributed by atoms with van der Waals surface area (Å²) in [6.45, 7) is 5.76. The first-order valence-corrected chi connectivity index (χ1v) is 6.13. The largest absolute Gasteiger partial charge is 0.300 e. The Bertz CT molecular complexity index is 197. The summed E-state index contributed by atoms with van der Waals surface area (Å²) in [5, 5.41) is 0. The molecule has 0 aliphatic heterocycles. The van der Waals surface area contributed by atoms with Crippen LogP contribution in [-0.2, 0) is 9.59 Å². The average Bonchev–Trinajstić information content (AvgIpc) is 2.18. The van der Waals surface area contributed by atoms with E-state index in [0.29, 0.717) is 18.6 Å². The van der Waals surface area contributed by atoms with Crippen LogP contribution in [0, 0.1) is 5.92 Å². The number of carbonyl (C=O) groups excluding carboxylic acids is 2. The zero-order valence-electron chi connectivity index (χ0n) is 10.3. The summed E-state index contributed by atoms with van der Waals surface area (Å²) in [5.41, 5.74) is 0. The van der Waals surface area contributed by atoms with Crippen molar-refractivity contribution in [2.24, 2.45) is 5.92 Å². The molecule has 88 valence electrons. The van der Waals surface area contributed by atoms with Crippen molar-refractivity contribution in [3.05, 3.63) is 0 Å². The highest BCUT2D eigenvalue weighted by Gasteiger charge is 2.15. The van der Waals surface area contributed by atoms with Crippen LogP contribution < -0.4 is 0 Å². The van der Waals surface area contributed by atoms with E-state index in [4.69, 9.17) is 0 Å². The molecule has 0 spiro atoms. The van der Waals surface area contributed by atoms with E-state index >= 15 is 0 Å². The van der Waals surface area contributed by atoms with Gasteiger partial charge in [0.25, 0.3) is 0 Å². The maximum atomic E-state index is 11.8. The van der Waals surface area contributed by atoms with Crippen molar-refractivity contribution < 1.29 is 9.59 Å². The van der Waals surface area contributed by atoms with Gasteiger partial charge in [-0.25, -0.2) is 0 Å². The van der Waals surface area contributed by atoms with Gasteiger partial charge in [-0.15, -0.1) is 0 Å². The monoisotopic (exact) mass is 212 g/mol. The van der Waals surface area contributed by atoms with Gasteiger partial charge >= 0.3 is 0 Å². The Kier molecular flexibility index (Phi) is 8.25. The molecule has 0 aromatic carbocycles. The molecule has 15 heavy (non-hydrogen) atoms. The molecule has 1 atom stereocenters. The van der Waals surface area contributed by atoms with Crippen molar-refractivity contribution in [1.82, 2.24) is 0 Å². The molecule has 0 aromatic heterocycles. The zero-order chi connectivity index (χ0) is 11.7. The number of carbonyl (C=O) groups is 2. The van der Waals surface area contributed by atoms with Gasteiger partial charge in [0.05, 0.1) is 0 Å². The minimum absolute atomic E-state index is 0.116. The van der Waals surface area contributed by atoms with Gasteiger partial charge in [-0.1, -0.05) is 26.7 Å². The summed E-state index contributed by atoms with van der Waals surface area (Å²) in [5.74, 6) is 0.660. The molecule has 0 aliphatic carbocycles. The molecule has 1 unspecified atom stereocenters. The third kappa shape index (κ3) is 7.29. The Morgan fingerprint density at radius 3 is 2.20 bits per heavy atom. The Morgan fingerprint density at radius 2 is 1.73 bits per heavy atom. The fourth-order valence-corrected chi connectivity index (χ4v) is 1.72. The van der Waals surface area contributed by atoms with Crippen LogP contribution in [0.5, 0.6) is 0 Å². The number of hydrogen-bond acceptors (Lipinski definition) is 2. The summed E-state index contributed by atoms with van der Waals surface area (Å²) in [6.07, 6.45) is 6.16. The summed E-state index contributed by atoms with van der Waals surface area (Å²) in [6, 6.07) is 0. The van der Waals surface area contributed by atoms with E-state index in [2.05, 4.69) is 6.92 Å². The van der Waals surface area contributed by atoms with E-state index in [0.717, 1.165) is 32.1 Å². The molecule has 0 saturated carbocycles. The number of Topliss-reactive ketones (excluding diaryl/α,β-unsaturated/α-hetero) is 2. The Morgan fingerprint density at radius 1 is 1.07 bits per heavy atom. The van der Waals surface area contributed by atoms with Crippen molar-refractivity contribution in [3.8, 4) is 0 Å². The van der Waals surface area contributed by atoms with Gasteiger partial charge in [0, 0.05) is 18.8 Å². The van der Waals surface area contributed by atoms with Gasteiger partial charge < -0.3 is 4.79 Å². The fraction of sp³-hybridized carbons (Fsp3) is 0.846. The molecule has 0 fully saturated rings. The number of unbranched alkanes of at least 4 members (excludes halogenated alkanes) is 2. The van der Waals surface area contributed by atoms with Crippen molar-refractivity contribution in [1.29, 1.82) is 0 Å². The highest BCUT2D eigenvalue weighted by molar-refractivity contribution is 5.82. The van der Waals surface area contributed by atoms with Crippen LogP contribution in [0.25, 0.3) is 0 Å². The van der Waals surface area contributed by atoms with E-state index in [9.17, 15) is 9.59 Å². The Labute approximate surface area is 93.4 Å². The van der Waals surface area contributed by atoms with Crippen molar-refractivity contribution >= 4 is 11.6 Å². The van der Waals surface area contributed by atoms with Crippen molar-refractivity contribution in [2.45, 2.75) is 65.7 Å².